The summed E-state index contributed by atoms with van der Waals surface area (Å²) < 4.78 is 43.1. The number of aryl methyl sites for hydroxylation is 1. The van der Waals surface area contributed by atoms with Gasteiger partial charge in [0.15, 0.2) is 0 Å². The molecule has 1 saturated heterocycles. The average molecular weight is 421 g/mol. The van der Waals surface area contributed by atoms with Gasteiger partial charge in [0.05, 0.1) is 4.90 Å². The number of anilines is 1. The monoisotopic (exact) mass is 420 g/mol. The summed E-state index contributed by atoms with van der Waals surface area (Å²) in [5.74, 6) is 0.729. The lowest BCUT2D eigenvalue weighted by atomic mass is 10.1. The van der Waals surface area contributed by atoms with Crippen molar-refractivity contribution in [1.82, 2.24) is 14.5 Å². The smallest absolute Gasteiger partial charge is 0.266 e. The third kappa shape index (κ3) is 4.67. The summed E-state index contributed by atoms with van der Waals surface area (Å²) in [7, 11) is -3.78. The Labute approximate surface area is 169 Å². The molecular weight excluding hydrogens is 395 g/mol. The van der Waals surface area contributed by atoms with Crippen LogP contribution < -0.4 is 15.2 Å². The third-order valence-corrected chi connectivity index (χ3v) is 7.22. The second kappa shape index (κ2) is 7.87. The largest absolute Gasteiger partial charge is 0.355 e. The van der Waals surface area contributed by atoms with Gasteiger partial charge in [-0.05, 0) is 62.3 Å². The third-order valence-electron chi connectivity index (χ3n) is 5.56. The summed E-state index contributed by atoms with van der Waals surface area (Å²) in [6.45, 7) is 3.57. The van der Waals surface area contributed by atoms with E-state index in [0.717, 1.165) is 24.7 Å². The lowest BCUT2D eigenvalue weighted by molar-refractivity contribution is 0.452. The maximum atomic E-state index is 13.5. The van der Waals surface area contributed by atoms with Crippen LogP contribution in [0.1, 0.15) is 31.2 Å². The Morgan fingerprint density at radius 1 is 1.14 bits per heavy atom. The lowest BCUT2D eigenvalue weighted by Crippen LogP contribution is -2.45. The van der Waals surface area contributed by atoms with Crippen molar-refractivity contribution in [2.24, 2.45) is 5.92 Å². The Hall–Kier alpha value is -2.26. The molecule has 4 rings (SSSR count). The van der Waals surface area contributed by atoms with Crippen LogP contribution in [0.4, 0.5) is 10.2 Å². The highest BCUT2D eigenvalue weighted by Crippen LogP contribution is 2.30. The van der Waals surface area contributed by atoms with Crippen molar-refractivity contribution < 1.29 is 12.8 Å². The molecule has 0 spiro atoms. The van der Waals surface area contributed by atoms with Crippen LogP contribution in [0.25, 0.3) is 0 Å². The molecule has 1 saturated carbocycles. The molecule has 0 bridgehead atoms. The molecule has 1 aliphatic carbocycles. The van der Waals surface area contributed by atoms with Gasteiger partial charge in [0.1, 0.15) is 11.6 Å². The number of hydrogen-bond acceptors (Lipinski definition) is 5. The molecule has 2 aliphatic rings. The summed E-state index contributed by atoms with van der Waals surface area (Å²) in [4.78, 5) is 14.0. The predicted octanol–water partition coefficient (Wildman–Crippen LogP) is 2.05. The van der Waals surface area contributed by atoms with Crippen molar-refractivity contribution in [1.29, 1.82) is 0 Å². The van der Waals surface area contributed by atoms with E-state index >= 15 is 0 Å². The topological polar surface area (TPSA) is 84.3 Å². The number of rotatable bonds is 6. The van der Waals surface area contributed by atoms with Crippen molar-refractivity contribution in [3.8, 4) is 0 Å². The minimum Gasteiger partial charge on any atom is -0.355 e. The second-order valence-electron chi connectivity index (χ2n) is 7.95. The zero-order valence-corrected chi connectivity index (χ0v) is 17.2. The van der Waals surface area contributed by atoms with Gasteiger partial charge in [-0.3, -0.25) is 4.79 Å². The van der Waals surface area contributed by atoms with Crippen LogP contribution in [0.3, 0.4) is 0 Å². The fraction of sp³-hybridized carbons (Fsp3) is 0.500. The van der Waals surface area contributed by atoms with Crippen LogP contribution in [0, 0.1) is 18.7 Å². The van der Waals surface area contributed by atoms with Crippen molar-refractivity contribution >= 4 is 15.8 Å². The minimum atomic E-state index is -3.78. The number of benzene rings is 1. The van der Waals surface area contributed by atoms with Gasteiger partial charge < -0.3 is 4.90 Å². The van der Waals surface area contributed by atoms with Crippen LogP contribution in [0.15, 0.2) is 40.0 Å². The molecule has 1 aromatic carbocycles. The zero-order valence-electron chi connectivity index (χ0n) is 16.3. The molecule has 1 aliphatic heterocycles. The zero-order chi connectivity index (χ0) is 20.6. The molecule has 156 valence electrons. The SMILES string of the molecule is Cc1ccc(F)cc1S(=O)(=O)NC1CCN(c2ccc(=O)n(CC3CC3)n2)CC1. The van der Waals surface area contributed by atoms with Gasteiger partial charge in [-0.2, -0.15) is 5.10 Å². The molecule has 0 unspecified atom stereocenters. The molecule has 2 fully saturated rings. The molecule has 0 amide bonds. The molecule has 9 heteroatoms. The van der Waals surface area contributed by atoms with Crippen LogP contribution >= 0.6 is 0 Å². The molecule has 1 N–H and O–H groups in total. The number of sulfonamides is 1. The molecular formula is C20H25FN4O3S. The van der Waals surface area contributed by atoms with Crippen molar-refractivity contribution in [3.63, 3.8) is 0 Å². The number of nitrogens with zero attached hydrogens (tertiary/aromatic N) is 3. The van der Waals surface area contributed by atoms with E-state index in [9.17, 15) is 17.6 Å². The molecule has 2 heterocycles. The first-order valence-corrected chi connectivity index (χ1v) is 11.4. The highest BCUT2D eigenvalue weighted by atomic mass is 32.2. The van der Waals surface area contributed by atoms with E-state index in [1.165, 1.54) is 16.8 Å². The van der Waals surface area contributed by atoms with Gasteiger partial charge in [0.25, 0.3) is 5.56 Å². The fourth-order valence-corrected chi connectivity index (χ4v) is 5.22. The van der Waals surface area contributed by atoms with Crippen LogP contribution in [-0.4, -0.2) is 37.3 Å². The van der Waals surface area contributed by atoms with E-state index in [4.69, 9.17) is 0 Å². The summed E-state index contributed by atoms with van der Waals surface area (Å²) in [6.07, 6.45) is 3.51. The molecule has 0 atom stereocenters. The standard InChI is InChI=1S/C20H25FN4O3S/c1-14-2-5-16(21)12-18(14)29(27,28)23-17-8-10-24(11-9-17)19-6-7-20(26)25(22-19)13-15-3-4-15/h2,5-7,12,15,17,23H,3-4,8-11,13H2,1H3. The summed E-state index contributed by atoms with van der Waals surface area (Å²) in [5.41, 5.74) is 0.423. The predicted molar refractivity (Wildman–Crippen MR) is 108 cm³/mol. The Bertz CT molecular complexity index is 1060. The second-order valence-corrected chi connectivity index (χ2v) is 9.63. The van der Waals surface area contributed by atoms with Gasteiger partial charge in [-0.25, -0.2) is 22.2 Å². The van der Waals surface area contributed by atoms with E-state index < -0.39 is 15.8 Å². The van der Waals surface area contributed by atoms with E-state index in [2.05, 4.69) is 14.7 Å². The van der Waals surface area contributed by atoms with Crippen LogP contribution in [-0.2, 0) is 16.6 Å². The fourth-order valence-electron chi connectivity index (χ4n) is 3.66. The maximum absolute atomic E-state index is 13.5. The summed E-state index contributed by atoms with van der Waals surface area (Å²) in [5, 5.41) is 4.49. The number of piperidine rings is 1. The van der Waals surface area contributed by atoms with Crippen molar-refractivity contribution in [2.45, 2.75) is 50.1 Å². The molecule has 0 radical (unpaired) electrons. The Balaban J connectivity index is 1.40. The molecule has 2 aromatic rings. The van der Waals surface area contributed by atoms with Crippen LogP contribution in [0.5, 0.6) is 0 Å². The number of nitrogens with one attached hydrogen (secondary N) is 1. The van der Waals surface area contributed by atoms with E-state index in [1.807, 2.05) is 0 Å². The van der Waals surface area contributed by atoms with E-state index in [0.29, 0.717) is 44.0 Å². The van der Waals surface area contributed by atoms with E-state index in [-0.39, 0.29) is 16.5 Å². The number of halogens is 1. The summed E-state index contributed by atoms with van der Waals surface area (Å²) >= 11 is 0. The molecule has 1 aromatic heterocycles. The highest BCUT2D eigenvalue weighted by Gasteiger charge is 2.27. The first-order chi connectivity index (χ1) is 13.8. The van der Waals surface area contributed by atoms with Gasteiger partial charge in [0.2, 0.25) is 10.0 Å². The highest BCUT2D eigenvalue weighted by molar-refractivity contribution is 7.89. The lowest BCUT2D eigenvalue weighted by Gasteiger charge is -2.33. The van der Waals surface area contributed by atoms with Crippen molar-refractivity contribution in [3.05, 3.63) is 52.1 Å². The average Bonchev–Trinajstić information content (AvgIpc) is 3.50. The normalized spacial score (nSPS) is 18.2. The maximum Gasteiger partial charge on any atom is 0.266 e. The number of hydrogen-bond donors (Lipinski definition) is 1. The first kappa shape index (κ1) is 20.0. The molecule has 7 nitrogen and oxygen atoms in total. The quantitative estimate of drug-likeness (QED) is 0.773. The van der Waals surface area contributed by atoms with Gasteiger partial charge in [-0.1, -0.05) is 6.07 Å². The minimum absolute atomic E-state index is 0.0197. The Morgan fingerprint density at radius 2 is 1.86 bits per heavy atom. The van der Waals surface area contributed by atoms with Crippen molar-refractivity contribution in [2.75, 3.05) is 18.0 Å². The van der Waals surface area contributed by atoms with Crippen LogP contribution in [0.2, 0.25) is 0 Å². The Morgan fingerprint density at radius 3 is 2.55 bits per heavy atom. The summed E-state index contributed by atoms with van der Waals surface area (Å²) in [6, 6.07) is 6.83. The first-order valence-electron chi connectivity index (χ1n) is 9.93. The van der Waals surface area contributed by atoms with Gasteiger partial charge in [-0.15, -0.1) is 0 Å². The van der Waals surface area contributed by atoms with E-state index in [1.54, 1.807) is 19.1 Å². The molecule has 29 heavy (non-hydrogen) atoms. The number of aromatic nitrogens is 2. The Kier molecular flexibility index (Phi) is 5.44. The van der Waals surface area contributed by atoms with Gasteiger partial charge >= 0.3 is 0 Å². The van der Waals surface area contributed by atoms with Gasteiger partial charge in [0, 0.05) is 31.7 Å².